The van der Waals surface area contributed by atoms with Gasteiger partial charge in [0.25, 0.3) is 0 Å². The Morgan fingerprint density at radius 3 is 3.00 bits per heavy atom. The number of fused-ring (bicyclic) bond motifs is 1. The van der Waals surface area contributed by atoms with Crippen LogP contribution in [0.15, 0.2) is 41.6 Å². The van der Waals surface area contributed by atoms with Crippen molar-refractivity contribution in [3.63, 3.8) is 0 Å². The standard InChI is InChI=1S/C10H9NS/c1-12-10-4-2-3-8-5-6-11-7-9(8)10/h2-7H,1H3. The van der Waals surface area contributed by atoms with Crippen LogP contribution in [-0.2, 0) is 0 Å². The largest absolute Gasteiger partial charge is 0.264 e. The van der Waals surface area contributed by atoms with Gasteiger partial charge in [0.15, 0.2) is 0 Å². The molecule has 0 N–H and O–H groups in total. The lowest BCUT2D eigenvalue weighted by atomic mass is 10.2. The van der Waals surface area contributed by atoms with E-state index in [9.17, 15) is 0 Å². The van der Waals surface area contributed by atoms with E-state index in [4.69, 9.17) is 0 Å². The lowest BCUT2D eigenvalue weighted by Gasteiger charge is -2.01. The summed E-state index contributed by atoms with van der Waals surface area (Å²) in [6.07, 6.45) is 5.83. The van der Waals surface area contributed by atoms with Crippen molar-refractivity contribution >= 4 is 22.5 Å². The first-order chi connectivity index (χ1) is 5.92. The van der Waals surface area contributed by atoms with E-state index in [1.165, 1.54) is 15.7 Å². The number of benzene rings is 1. The van der Waals surface area contributed by atoms with Crippen molar-refractivity contribution in [1.29, 1.82) is 0 Å². The smallest absolute Gasteiger partial charge is 0.0357 e. The predicted molar refractivity (Wildman–Crippen MR) is 53.5 cm³/mol. The van der Waals surface area contributed by atoms with Crippen LogP contribution < -0.4 is 0 Å². The van der Waals surface area contributed by atoms with Crippen molar-refractivity contribution in [2.75, 3.05) is 6.26 Å². The minimum absolute atomic E-state index is 1.24. The van der Waals surface area contributed by atoms with Crippen molar-refractivity contribution < 1.29 is 0 Å². The van der Waals surface area contributed by atoms with Crippen molar-refractivity contribution in [2.24, 2.45) is 0 Å². The van der Waals surface area contributed by atoms with Gasteiger partial charge in [0.2, 0.25) is 0 Å². The molecule has 0 fully saturated rings. The normalized spacial score (nSPS) is 10.4. The van der Waals surface area contributed by atoms with Crippen LogP contribution in [0.3, 0.4) is 0 Å². The molecule has 0 radical (unpaired) electrons. The first kappa shape index (κ1) is 7.62. The summed E-state index contributed by atoms with van der Waals surface area (Å²) in [5.74, 6) is 0. The molecule has 0 aliphatic carbocycles. The van der Waals surface area contributed by atoms with Crippen LogP contribution in [0.1, 0.15) is 0 Å². The number of aromatic nitrogens is 1. The highest BCUT2D eigenvalue weighted by atomic mass is 32.2. The first-order valence-electron chi connectivity index (χ1n) is 3.78. The van der Waals surface area contributed by atoms with E-state index >= 15 is 0 Å². The zero-order chi connectivity index (χ0) is 8.39. The van der Waals surface area contributed by atoms with Crippen molar-refractivity contribution in [3.05, 3.63) is 36.7 Å². The summed E-state index contributed by atoms with van der Waals surface area (Å²) >= 11 is 1.76. The molecule has 1 nitrogen and oxygen atoms in total. The van der Waals surface area contributed by atoms with Gasteiger partial charge in [0, 0.05) is 22.7 Å². The van der Waals surface area contributed by atoms with Crippen LogP contribution in [-0.4, -0.2) is 11.2 Å². The molecule has 1 aromatic heterocycles. The summed E-state index contributed by atoms with van der Waals surface area (Å²) in [7, 11) is 0. The van der Waals surface area contributed by atoms with Gasteiger partial charge >= 0.3 is 0 Å². The molecule has 0 amide bonds. The minimum Gasteiger partial charge on any atom is -0.264 e. The number of thioether (sulfide) groups is 1. The van der Waals surface area contributed by atoms with Gasteiger partial charge < -0.3 is 0 Å². The van der Waals surface area contributed by atoms with Crippen LogP contribution in [0.25, 0.3) is 10.8 Å². The number of pyridine rings is 1. The summed E-state index contributed by atoms with van der Waals surface area (Å²) in [5.41, 5.74) is 0. The van der Waals surface area contributed by atoms with Gasteiger partial charge in [-0.25, -0.2) is 0 Å². The third kappa shape index (κ3) is 1.18. The Morgan fingerprint density at radius 2 is 2.17 bits per heavy atom. The third-order valence-corrected chi connectivity index (χ3v) is 2.66. The van der Waals surface area contributed by atoms with E-state index in [1.807, 2.05) is 18.5 Å². The fraction of sp³-hybridized carbons (Fsp3) is 0.100. The van der Waals surface area contributed by atoms with Crippen LogP contribution in [0.4, 0.5) is 0 Å². The highest BCUT2D eigenvalue weighted by Crippen LogP contribution is 2.24. The van der Waals surface area contributed by atoms with Gasteiger partial charge in [-0.05, 0) is 23.8 Å². The number of hydrogen-bond acceptors (Lipinski definition) is 2. The van der Waals surface area contributed by atoms with Gasteiger partial charge in [-0.1, -0.05) is 12.1 Å². The Morgan fingerprint density at radius 1 is 1.25 bits per heavy atom. The zero-order valence-electron chi connectivity index (χ0n) is 6.82. The number of rotatable bonds is 1. The summed E-state index contributed by atoms with van der Waals surface area (Å²) in [5, 5.41) is 2.50. The van der Waals surface area contributed by atoms with Crippen molar-refractivity contribution in [3.8, 4) is 0 Å². The Kier molecular flexibility index (Phi) is 2.00. The monoisotopic (exact) mass is 175 g/mol. The van der Waals surface area contributed by atoms with Gasteiger partial charge in [-0.15, -0.1) is 11.8 Å². The molecule has 0 bridgehead atoms. The molecular formula is C10H9NS. The summed E-state index contributed by atoms with van der Waals surface area (Å²) in [4.78, 5) is 5.40. The highest BCUT2D eigenvalue weighted by Gasteiger charge is 1.96. The quantitative estimate of drug-likeness (QED) is 0.618. The van der Waals surface area contributed by atoms with E-state index in [0.717, 1.165) is 0 Å². The van der Waals surface area contributed by atoms with E-state index in [2.05, 4.69) is 29.4 Å². The Hall–Kier alpha value is -1.02. The fourth-order valence-corrected chi connectivity index (χ4v) is 1.87. The maximum atomic E-state index is 4.11. The molecule has 60 valence electrons. The molecule has 12 heavy (non-hydrogen) atoms. The molecule has 0 aliphatic rings. The topological polar surface area (TPSA) is 12.9 Å². The molecule has 2 rings (SSSR count). The van der Waals surface area contributed by atoms with Crippen LogP contribution >= 0.6 is 11.8 Å². The Balaban J connectivity index is 2.79. The second kappa shape index (κ2) is 3.15. The average Bonchev–Trinajstić information content (AvgIpc) is 2.17. The molecule has 0 unspecified atom stereocenters. The van der Waals surface area contributed by atoms with Crippen LogP contribution in [0.2, 0.25) is 0 Å². The molecule has 0 spiro atoms. The predicted octanol–water partition coefficient (Wildman–Crippen LogP) is 2.96. The van der Waals surface area contributed by atoms with Crippen LogP contribution in [0.5, 0.6) is 0 Å². The van der Waals surface area contributed by atoms with Crippen molar-refractivity contribution in [2.45, 2.75) is 4.90 Å². The molecule has 1 heterocycles. The summed E-state index contributed by atoms with van der Waals surface area (Å²) in [6.45, 7) is 0. The van der Waals surface area contributed by atoms with Gasteiger partial charge in [-0.2, -0.15) is 0 Å². The molecule has 2 heteroatoms. The summed E-state index contributed by atoms with van der Waals surface area (Å²) in [6, 6.07) is 8.34. The molecule has 0 saturated carbocycles. The third-order valence-electron chi connectivity index (χ3n) is 1.86. The van der Waals surface area contributed by atoms with E-state index < -0.39 is 0 Å². The average molecular weight is 175 g/mol. The lowest BCUT2D eigenvalue weighted by molar-refractivity contribution is 1.34. The fourth-order valence-electron chi connectivity index (χ4n) is 1.26. The highest BCUT2D eigenvalue weighted by molar-refractivity contribution is 7.98. The minimum atomic E-state index is 1.24. The Bertz CT molecular complexity index is 392. The molecule has 0 atom stereocenters. The second-order valence-corrected chi connectivity index (χ2v) is 3.41. The molecule has 1 aromatic carbocycles. The van der Waals surface area contributed by atoms with E-state index in [-0.39, 0.29) is 0 Å². The molecule has 0 saturated heterocycles. The first-order valence-corrected chi connectivity index (χ1v) is 5.01. The van der Waals surface area contributed by atoms with E-state index in [0.29, 0.717) is 0 Å². The lowest BCUT2D eigenvalue weighted by Crippen LogP contribution is -1.77. The molecular weight excluding hydrogens is 166 g/mol. The molecule has 0 aliphatic heterocycles. The zero-order valence-corrected chi connectivity index (χ0v) is 7.64. The number of nitrogens with zero attached hydrogens (tertiary/aromatic N) is 1. The molecule has 2 aromatic rings. The second-order valence-electron chi connectivity index (χ2n) is 2.56. The Labute approximate surface area is 75.8 Å². The maximum Gasteiger partial charge on any atom is 0.0357 e. The van der Waals surface area contributed by atoms with E-state index in [1.54, 1.807) is 11.8 Å². The SMILES string of the molecule is CSc1cccc2ccncc12. The van der Waals surface area contributed by atoms with Crippen LogP contribution in [0, 0.1) is 0 Å². The van der Waals surface area contributed by atoms with Gasteiger partial charge in [0.05, 0.1) is 0 Å². The summed E-state index contributed by atoms with van der Waals surface area (Å²) < 4.78 is 0. The number of hydrogen-bond donors (Lipinski definition) is 0. The van der Waals surface area contributed by atoms with Crippen molar-refractivity contribution in [1.82, 2.24) is 4.98 Å². The van der Waals surface area contributed by atoms with Gasteiger partial charge in [0.1, 0.15) is 0 Å². The van der Waals surface area contributed by atoms with Gasteiger partial charge in [-0.3, -0.25) is 4.98 Å². The maximum absolute atomic E-state index is 4.11.